The van der Waals surface area contributed by atoms with E-state index in [1.807, 2.05) is 49.9 Å². The number of likely N-dealkylation sites (tertiary alicyclic amines) is 1. The van der Waals surface area contributed by atoms with Crippen LogP contribution >= 0.6 is 11.8 Å². The maximum atomic E-state index is 13.4. The Morgan fingerprint density at radius 1 is 1.03 bits per heavy atom. The van der Waals surface area contributed by atoms with Gasteiger partial charge in [-0.2, -0.15) is 0 Å². The second-order valence-electron chi connectivity index (χ2n) is 10.3. The molecule has 0 aromatic heterocycles. The summed E-state index contributed by atoms with van der Waals surface area (Å²) in [7, 11) is 0. The lowest BCUT2D eigenvalue weighted by molar-refractivity contribution is -0.137. The molecule has 1 N–H and O–H groups in total. The maximum absolute atomic E-state index is 13.4. The summed E-state index contributed by atoms with van der Waals surface area (Å²) in [5.74, 6) is -0.497. The molecule has 3 fully saturated rings. The number of amides is 4. The Labute approximate surface area is 216 Å². The average Bonchev–Trinajstić information content (AvgIpc) is 3.00. The fourth-order valence-corrected chi connectivity index (χ4v) is 5.44. The molecule has 9 nitrogen and oxygen atoms in total. The Morgan fingerprint density at radius 2 is 1.78 bits per heavy atom. The van der Waals surface area contributed by atoms with Gasteiger partial charge in [-0.1, -0.05) is 18.2 Å². The van der Waals surface area contributed by atoms with Crippen LogP contribution in [0.2, 0.25) is 0 Å². The summed E-state index contributed by atoms with van der Waals surface area (Å²) in [6.07, 6.45) is 3.76. The van der Waals surface area contributed by atoms with E-state index in [9.17, 15) is 19.2 Å². The van der Waals surface area contributed by atoms with Gasteiger partial charge in [-0.15, -0.1) is 0 Å². The Morgan fingerprint density at radius 3 is 2.50 bits per heavy atom. The fourth-order valence-electron chi connectivity index (χ4n) is 4.77. The topological polar surface area (TPSA) is 99.3 Å². The molecule has 3 saturated heterocycles. The van der Waals surface area contributed by atoms with Gasteiger partial charge in [0, 0.05) is 45.0 Å². The number of rotatable bonds is 3. The first-order valence-electron chi connectivity index (χ1n) is 12.5. The van der Waals surface area contributed by atoms with Crippen LogP contribution in [-0.2, 0) is 14.3 Å². The highest BCUT2D eigenvalue weighted by Gasteiger charge is 2.34. The van der Waals surface area contributed by atoms with Crippen molar-refractivity contribution in [3.8, 4) is 0 Å². The van der Waals surface area contributed by atoms with Gasteiger partial charge in [-0.25, -0.2) is 4.79 Å². The highest BCUT2D eigenvalue weighted by Crippen LogP contribution is 2.30. The number of benzene rings is 1. The van der Waals surface area contributed by atoms with Crippen LogP contribution in [0.3, 0.4) is 0 Å². The molecule has 36 heavy (non-hydrogen) atoms. The van der Waals surface area contributed by atoms with E-state index in [-0.39, 0.29) is 29.1 Å². The van der Waals surface area contributed by atoms with Crippen LogP contribution in [0.15, 0.2) is 29.2 Å². The molecular weight excluding hydrogens is 480 g/mol. The molecule has 10 heteroatoms. The van der Waals surface area contributed by atoms with E-state index in [2.05, 4.69) is 10.2 Å². The minimum atomic E-state index is -0.565. The quantitative estimate of drug-likeness (QED) is 0.614. The number of nitrogens with zero attached hydrogens (tertiary/aromatic N) is 3. The van der Waals surface area contributed by atoms with Crippen LogP contribution in [0.1, 0.15) is 45.6 Å². The highest BCUT2D eigenvalue weighted by molar-refractivity contribution is 8.18. The molecule has 1 atom stereocenters. The number of nitrogens with one attached hydrogen (secondary N) is 1. The van der Waals surface area contributed by atoms with Crippen LogP contribution < -0.4 is 10.2 Å². The summed E-state index contributed by atoms with van der Waals surface area (Å²) < 4.78 is 5.51. The smallest absolute Gasteiger partial charge is 0.410 e. The van der Waals surface area contributed by atoms with Gasteiger partial charge in [-0.3, -0.25) is 19.7 Å². The predicted octanol–water partition coefficient (Wildman–Crippen LogP) is 3.70. The number of para-hydroxylation sites is 1. The number of ether oxygens (including phenoxy) is 1. The first kappa shape index (κ1) is 26.1. The van der Waals surface area contributed by atoms with Crippen molar-refractivity contribution in [3.63, 3.8) is 0 Å². The van der Waals surface area contributed by atoms with E-state index in [1.54, 1.807) is 11.0 Å². The molecule has 1 aromatic carbocycles. The number of piperidine rings is 1. The molecule has 0 saturated carbocycles. The van der Waals surface area contributed by atoms with Crippen molar-refractivity contribution in [2.24, 2.45) is 5.92 Å². The monoisotopic (exact) mass is 514 g/mol. The third-order valence-electron chi connectivity index (χ3n) is 6.44. The number of carbonyl (C=O) groups is 4. The molecule has 194 valence electrons. The lowest BCUT2D eigenvalue weighted by Gasteiger charge is -2.35. The van der Waals surface area contributed by atoms with Gasteiger partial charge in [-0.05, 0) is 69.5 Å². The lowest BCUT2D eigenvalue weighted by atomic mass is 9.96. The SMILES string of the molecule is CC(C)(C)OC(=O)N1CCCC(C(=O)N2CCCN(c3ccccc3/C=C3/SC(=O)NC3=O)CC2)C1. The highest BCUT2D eigenvalue weighted by atomic mass is 32.2. The normalized spacial score (nSPS) is 22.5. The van der Waals surface area contributed by atoms with E-state index in [1.165, 1.54) is 0 Å². The first-order valence-corrected chi connectivity index (χ1v) is 13.3. The van der Waals surface area contributed by atoms with E-state index >= 15 is 0 Å². The second-order valence-corrected chi connectivity index (χ2v) is 11.4. The Kier molecular flexibility index (Phi) is 7.92. The van der Waals surface area contributed by atoms with Gasteiger partial charge < -0.3 is 19.4 Å². The van der Waals surface area contributed by atoms with Crippen molar-refractivity contribution in [3.05, 3.63) is 34.7 Å². The zero-order chi connectivity index (χ0) is 25.9. The summed E-state index contributed by atoms with van der Waals surface area (Å²) in [4.78, 5) is 55.7. The van der Waals surface area contributed by atoms with Gasteiger partial charge in [0.25, 0.3) is 11.1 Å². The lowest BCUT2D eigenvalue weighted by Crippen LogP contribution is -2.48. The van der Waals surface area contributed by atoms with Gasteiger partial charge in [0.05, 0.1) is 10.8 Å². The number of thioether (sulfide) groups is 1. The molecular formula is C26H34N4O5S. The van der Waals surface area contributed by atoms with Crippen molar-refractivity contribution in [2.45, 2.75) is 45.6 Å². The molecule has 4 amide bonds. The fraction of sp³-hybridized carbons (Fsp3) is 0.538. The van der Waals surface area contributed by atoms with Crippen LogP contribution in [-0.4, -0.2) is 77.8 Å². The molecule has 1 aromatic rings. The number of anilines is 1. The van der Waals surface area contributed by atoms with Crippen LogP contribution in [0.5, 0.6) is 0 Å². The van der Waals surface area contributed by atoms with Crippen molar-refractivity contribution in [1.82, 2.24) is 15.1 Å². The molecule has 0 bridgehead atoms. The van der Waals surface area contributed by atoms with Crippen molar-refractivity contribution in [1.29, 1.82) is 0 Å². The molecule has 3 aliphatic rings. The van der Waals surface area contributed by atoms with Crippen LogP contribution in [0.4, 0.5) is 15.3 Å². The largest absolute Gasteiger partial charge is 0.444 e. The van der Waals surface area contributed by atoms with Gasteiger partial charge in [0.2, 0.25) is 5.91 Å². The molecule has 1 unspecified atom stereocenters. The molecule has 4 rings (SSSR count). The first-order chi connectivity index (χ1) is 17.1. The number of imide groups is 1. The van der Waals surface area contributed by atoms with Gasteiger partial charge in [0.15, 0.2) is 0 Å². The second kappa shape index (κ2) is 10.9. The zero-order valence-electron chi connectivity index (χ0n) is 21.1. The average molecular weight is 515 g/mol. The summed E-state index contributed by atoms with van der Waals surface area (Å²) >= 11 is 0.906. The molecule has 0 radical (unpaired) electrons. The van der Waals surface area contributed by atoms with Gasteiger partial charge >= 0.3 is 6.09 Å². The minimum Gasteiger partial charge on any atom is -0.444 e. The zero-order valence-corrected chi connectivity index (χ0v) is 21.9. The summed E-state index contributed by atoms with van der Waals surface area (Å²) in [6, 6.07) is 7.79. The summed E-state index contributed by atoms with van der Waals surface area (Å²) in [6.45, 7) is 9.21. The van der Waals surface area contributed by atoms with E-state index < -0.39 is 5.60 Å². The number of hydrogen-bond donors (Lipinski definition) is 1. The molecule has 3 aliphatic heterocycles. The molecule has 0 spiro atoms. The maximum Gasteiger partial charge on any atom is 0.410 e. The van der Waals surface area contributed by atoms with E-state index in [0.717, 1.165) is 48.8 Å². The van der Waals surface area contributed by atoms with Gasteiger partial charge in [0.1, 0.15) is 5.60 Å². The minimum absolute atomic E-state index is 0.0954. The predicted molar refractivity (Wildman–Crippen MR) is 139 cm³/mol. The third kappa shape index (κ3) is 6.40. The van der Waals surface area contributed by atoms with Crippen molar-refractivity contribution >= 4 is 46.7 Å². The number of carbonyl (C=O) groups excluding carboxylic acids is 4. The Balaban J connectivity index is 1.40. The van der Waals surface area contributed by atoms with E-state index in [4.69, 9.17) is 4.74 Å². The summed E-state index contributed by atoms with van der Waals surface area (Å²) in [5.41, 5.74) is 1.27. The number of hydrogen-bond acceptors (Lipinski definition) is 7. The van der Waals surface area contributed by atoms with Crippen molar-refractivity contribution < 1.29 is 23.9 Å². The van der Waals surface area contributed by atoms with Crippen LogP contribution in [0.25, 0.3) is 6.08 Å². The molecule has 0 aliphatic carbocycles. The van der Waals surface area contributed by atoms with Crippen LogP contribution in [0, 0.1) is 5.92 Å². The summed E-state index contributed by atoms with van der Waals surface area (Å²) in [5, 5.41) is 1.93. The Hall–Kier alpha value is -3.01. The third-order valence-corrected chi connectivity index (χ3v) is 7.25. The molecule has 3 heterocycles. The standard InChI is InChI=1S/C26H34N4O5S/c1-26(2,3)35-25(34)30-11-6-9-19(17-30)23(32)29-13-7-12-28(14-15-29)20-10-5-4-8-18(20)16-21-22(31)27-24(33)36-21/h4-5,8,10,16,19H,6-7,9,11-15,17H2,1-3H3,(H,27,31,33)/b21-16+. The Bertz CT molecular complexity index is 1070. The van der Waals surface area contributed by atoms with E-state index in [0.29, 0.717) is 37.6 Å². The van der Waals surface area contributed by atoms with Crippen molar-refractivity contribution in [2.75, 3.05) is 44.2 Å².